The van der Waals surface area contributed by atoms with Crippen LogP contribution in [0.1, 0.15) is 35.5 Å². The SMILES string of the molecule is Cc1nnc(NC(C)c2ccccn2)c(C#N)c1C. The number of anilines is 1. The summed E-state index contributed by atoms with van der Waals surface area (Å²) in [6.07, 6.45) is 1.74. The Bertz CT molecular complexity index is 616. The number of nitriles is 1. The van der Waals surface area contributed by atoms with Crippen LogP contribution in [-0.2, 0) is 0 Å². The van der Waals surface area contributed by atoms with E-state index in [0.717, 1.165) is 17.0 Å². The van der Waals surface area contributed by atoms with Crippen molar-refractivity contribution in [2.45, 2.75) is 26.8 Å². The average molecular weight is 253 g/mol. The van der Waals surface area contributed by atoms with Crippen molar-refractivity contribution in [1.82, 2.24) is 15.2 Å². The highest BCUT2D eigenvalue weighted by Crippen LogP contribution is 2.21. The molecule has 0 aliphatic rings. The van der Waals surface area contributed by atoms with Crippen molar-refractivity contribution in [3.63, 3.8) is 0 Å². The van der Waals surface area contributed by atoms with Gasteiger partial charge in [0, 0.05) is 6.20 Å². The number of rotatable bonds is 3. The second kappa shape index (κ2) is 5.44. The van der Waals surface area contributed by atoms with Gasteiger partial charge in [-0.15, -0.1) is 5.10 Å². The van der Waals surface area contributed by atoms with Gasteiger partial charge in [-0.1, -0.05) is 6.07 Å². The standard InChI is InChI=1S/C14H15N5/c1-9-10(2)18-19-14(12(9)8-15)17-11(3)13-6-4-5-7-16-13/h4-7,11H,1-3H3,(H,17,19). The molecule has 0 saturated heterocycles. The molecule has 0 spiro atoms. The first-order valence-electron chi connectivity index (χ1n) is 6.05. The molecule has 1 N–H and O–H groups in total. The van der Waals surface area contributed by atoms with Gasteiger partial charge in [-0.2, -0.15) is 10.4 Å². The van der Waals surface area contributed by atoms with Crippen LogP contribution in [0.25, 0.3) is 0 Å². The molecule has 0 bridgehead atoms. The molecule has 0 aromatic carbocycles. The molecule has 0 aliphatic carbocycles. The first kappa shape index (κ1) is 13.0. The third kappa shape index (κ3) is 2.68. The fourth-order valence-electron chi connectivity index (χ4n) is 1.76. The third-order valence-electron chi connectivity index (χ3n) is 3.05. The van der Waals surface area contributed by atoms with Crippen LogP contribution in [0.2, 0.25) is 0 Å². The fraction of sp³-hybridized carbons (Fsp3) is 0.286. The van der Waals surface area contributed by atoms with Crippen LogP contribution in [-0.4, -0.2) is 15.2 Å². The summed E-state index contributed by atoms with van der Waals surface area (Å²) in [5.41, 5.74) is 3.06. The van der Waals surface area contributed by atoms with Crippen LogP contribution in [0.3, 0.4) is 0 Å². The highest BCUT2D eigenvalue weighted by Gasteiger charge is 2.14. The molecule has 0 fully saturated rings. The zero-order chi connectivity index (χ0) is 13.8. The lowest BCUT2D eigenvalue weighted by atomic mass is 10.1. The molecular formula is C14H15N5. The topological polar surface area (TPSA) is 74.5 Å². The van der Waals surface area contributed by atoms with Crippen LogP contribution in [0.5, 0.6) is 0 Å². The van der Waals surface area contributed by atoms with Crippen molar-refractivity contribution in [2.24, 2.45) is 0 Å². The number of nitrogens with one attached hydrogen (secondary N) is 1. The van der Waals surface area contributed by atoms with Crippen molar-refractivity contribution in [1.29, 1.82) is 5.26 Å². The molecule has 0 saturated carbocycles. The minimum absolute atomic E-state index is 0.0373. The molecular weight excluding hydrogens is 238 g/mol. The molecule has 96 valence electrons. The van der Waals surface area contributed by atoms with E-state index in [4.69, 9.17) is 0 Å². The highest BCUT2D eigenvalue weighted by atomic mass is 15.2. The minimum Gasteiger partial charge on any atom is -0.359 e. The lowest BCUT2D eigenvalue weighted by Crippen LogP contribution is -2.12. The van der Waals surface area contributed by atoms with Gasteiger partial charge in [-0.25, -0.2) is 0 Å². The predicted molar refractivity (Wildman–Crippen MR) is 72.5 cm³/mol. The van der Waals surface area contributed by atoms with Gasteiger partial charge in [0.2, 0.25) is 0 Å². The van der Waals surface area contributed by atoms with Crippen LogP contribution in [0.15, 0.2) is 24.4 Å². The maximum Gasteiger partial charge on any atom is 0.167 e. The third-order valence-corrected chi connectivity index (χ3v) is 3.05. The largest absolute Gasteiger partial charge is 0.359 e. The maximum absolute atomic E-state index is 9.23. The molecule has 0 radical (unpaired) electrons. The molecule has 1 unspecified atom stereocenters. The average Bonchev–Trinajstić information content (AvgIpc) is 2.44. The second-order valence-electron chi connectivity index (χ2n) is 4.37. The van der Waals surface area contributed by atoms with Gasteiger partial charge < -0.3 is 5.32 Å². The van der Waals surface area contributed by atoms with Crippen LogP contribution in [0, 0.1) is 25.2 Å². The second-order valence-corrected chi connectivity index (χ2v) is 4.37. The number of hydrogen-bond donors (Lipinski definition) is 1. The van der Waals surface area contributed by atoms with E-state index < -0.39 is 0 Å². The molecule has 2 aromatic rings. The Morgan fingerprint density at radius 2 is 2.05 bits per heavy atom. The molecule has 2 aromatic heterocycles. The molecule has 1 atom stereocenters. The lowest BCUT2D eigenvalue weighted by Gasteiger charge is -2.15. The van der Waals surface area contributed by atoms with Crippen molar-refractivity contribution < 1.29 is 0 Å². The maximum atomic E-state index is 9.23. The Morgan fingerprint density at radius 1 is 1.26 bits per heavy atom. The van der Waals surface area contributed by atoms with Gasteiger partial charge in [0.05, 0.1) is 17.4 Å². The summed E-state index contributed by atoms with van der Waals surface area (Å²) < 4.78 is 0. The number of pyridine rings is 1. The number of aromatic nitrogens is 3. The molecule has 19 heavy (non-hydrogen) atoms. The highest BCUT2D eigenvalue weighted by molar-refractivity contribution is 5.56. The molecule has 5 heteroatoms. The van der Waals surface area contributed by atoms with E-state index in [2.05, 4.69) is 26.6 Å². The van der Waals surface area contributed by atoms with E-state index in [0.29, 0.717) is 11.4 Å². The zero-order valence-corrected chi connectivity index (χ0v) is 11.2. The molecule has 2 rings (SSSR count). The Labute approximate surface area is 112 Å². The summed E-state index contributed by atoms with van der Waals surface area (Å²) in [6.45, 7) is 5.69. The predicted octanol–water partition coefficient (Wildman–Crippen LogP) is 2.53. The summed E-state index contributed by atoms with van der Waals surface area (Å²) in [5, 5.41) is 20.5. The van der Waals surface area contributed by atoms with Crippen LogP contribution >= 0.6 is 0 Å². The van der Waals surface area contributed by atoms with E-state index >= 15 is 0 Å². The fourth-order valence-corrected chi connectivity index (χ4v) is 1.76. The number of hydrogen-bond acceptors (Lipinski definition) is 5. The van der Waals surface area contributed by atoms with Crippen LogP contribution < -0.4 is 5.32 Å². The lowest BCUT2D eigenvalue weighted by molar-refractivity contribution is 0.816. The summed E-state index contributed by atoms with van der Waals surface area (Å²) in [6, 6.07) is 7.86. The van der Waals surface area contributed by atoms with Crippen LogP contribution in [0.4, 0.5) is 5.82 Å². The molecule has 0 amide bonds. The Kier molecular flexibility index (Phi) is 3.71. The van der Waals surface area contributed by atoms with Gasteiger partial charge in [0.25, 0.3) is 0 Å². The van der Waals surface area contributed by atoms with Gasteiger partial charge in [0.1, 0.15) is 11.6 Å². The van der Waals surface area contributed by atoms with Gasteiger partial charge in [-0.05, 0) is 38.5 Å². The van der Waals surface area contributed by atoms with E-state index in [-0.39, 0.29) is 6.04 Å². The Balaban J connectivity index is 2.30. The van der Waals surface area contributed by atoms with Gasteiger partial charge >= 0.3 is 0 Å². The van der Waals surface area contributed by atoms with E-state index in [1.165, 1.54) is 0 Å². The molecule has 5 nitrogen and oxygen atoms in total. The normalized spacial score (nSPS) is 11.7. The van der Waals surface area contributed by atoms with Crippen molar-refractivity contribution >= 4 is 5.82 Å². The summed E-state index contributed by atoms with van der Waals surface area (Å²) in [7, 11) is 0. The summed E-state index contributed by atoms with van der Waals surface area (Å²) in [4.78, 5) is 4.28. The van der Waals surface area contributed by atoms with E-state index in [9.17, 15) is 5.26 Å². The summed E-state index contributed by atoms with van der Waals surface area (Å²) >= 11 is 0. The van der Waals surface area contributed by atoms with E-state index in [1.54, 1.807) is 6.20 Å². The Hall–Kier alpha value is -2.48. The number of aryl methyl sites for hydroxylation is 1. The van der Waals surface area contributed by atoms with Crippen molar-refractivity contribution in [3.05, 3.63) is 46.9 Å². The van der Waals surface area contributed by atoms with Crippen molar-refractivity contribution in [3.8, 4) is 6.07 Å². The summed E-state index contributed by atoms with van der Waals surface area (Å²) in [5.74, 6) is 0.503. The van der Waals surface area contributed by atoms with Gasteiger partial charge in [0.15, 0.2) is 5.82 Å². The number of nitrogens with zero attached hydrogens (tertiary/aromatic N) is 4. The smallest absolute Gasteiger partial charge is 0.167 e. The van der Waals surface area contributed by atoms with Crippen molar-refractivity contribution in [2.75, 3.05) is 5.32 Å². The first-order valence-corrected chi connectivity index (χ1v) is 6.05. The first-order chi connectivity index (χ1) is 9.13. The quantitative estimate of drug-likeness (QED) is 0.909. The van der Waals surface area contributed by atoms with Gasteiger partial charge in [-0.3, -0.25) is 4.98 Å². The minimum atomic E-state index is -0.0373. The molecule has 0 aliphatic heterocycles. The zero-order valence-electron chi connectivity index (χ0n) is 11.2. The Morgan fingerprint density at radius 3 is 2.68 bits per heavy atom. The van der Waals surface area contributed by atoms with E-state index in [1.807, 2.05) is 39.0 Å². The molecule has 2 heterocycles. The monoisotopic (exact) mass is 253 g/mol.